The molecule has 0 aliphatic rings. The van der Waals surface area contributed by atoms with E-state index in [0.29, 0.717) is 5.92 Å². The molecule has 0 radical (unpaired) electrons. The summed E-state index contributed by atoms with van der Waals surface area (Å²) in [6.45, 7) is 4.24. The van der Waals surface area contributed by atoms with Crippen molar-refractivity contribution in [1.29, 1.82) is 0 Å². The summed E-state index contributed by atoms with van der Waals surface area (Å²) < 4.78 is 14.0. The lowest BCUT2D eigenvalue weighted by atomic mass is 10.0. The highest BCUT2D eigenvalue weighted by Gasteiger charge is 2.09. The summed E-state index contributed by atoms with van der Waals surface area (Å²) >= 11 is 9.59. The maximum absolute atomic E-state index is 13.0. The number of rotatable bonds is 5. The first-order valence-corrected chi connectivity index (χ1v) is 6.81. The first-order chi connectivity index (χ1) is 7.50. The van der Waals surface area contributed by atoms with Gasteiger partial charge in [0.25, 0.3) is 0 Å². The Kier molecular flexibility index (Phi) is 5.77. The first-order valence-electron chi connectivity index (χ1n) is 5.58. The zero-order valence-corrected chi connectivity index (χ0v) is 12.0. The molecule has 1 rings (SSSR count). The molecule has 1 aromatic carbocycles. The van der Waals surface area contributed by atoms with E-state index >= 15 is 0 Å². The van der Waals surface area contributed by atoms with E-state index in [1.165, 1.54) is 6.07 Å². The first kappa shape index (κ1) is 14.0. The molecular weight excluding hydrogens is 290 g/mol. The minimum absolute atomic E-state index is 0.176. The molecule has 0 saturated carbocycles. The van der Waals surface area contributed by atoms with Gasteiger partial charge >= 0.3 is 0 Å². The third-order valence-electron chi connectivity index (χ3n) is 2.66. The number of aryl methyl sites for hydroxylation is 1. The van der Waals surface area contributed by atoms with Crippen LogP contribution in [0.3, 0.4) is 0 Å². The van der Waals surface area contributed by atoms with Crippen LogP contribution in [0.1, 0.15) is 32.3 Å². The second-order valence-corrected chi connectivity index (χ2v) is 5.80. The van der Waals surface area contributed by atoms with Gasteiger partial charge in [-0.3, -0.25) is 0 Å². The molecule has 16 heavy (non-hydrogen) atoms. The average Bonchev–Trinajstić information content (AvgIpc) is 2.22. The fourth-order valence-electron chi connectivity index (χ4n) is 1.56. The van der Waals surface area contributed by atoms with Gasteiger partial charge in [0.15, 0.2) is 0 Å². The van der Waals surface area contributed by atoms with Crippen LogP contribution in [-0.4, -0.2) is 5.38 Å². The maximum Gasteiger partial charge on any atom is 0.123 e. The van der Waals surface area contributed by atoms with Gasteiger partial charge in [-0.05, 0) is 48.9 Å². The van der Waals surface area contributed by atoms with Crippen LogP contribution in [-0.2, 0) is 6.42 Å². The molecular formula is C13H17BrClF. The molecule has 1 atom stereocenters. The molecule has 0 amide bonds. The normalized spacial score (nSPS) is 13.1. The van der Waals surface area contributed by atoms with E-state index in [2.05, 4.69) is 29.8 Å². The van der Waals surface area contributed by atoms with Gasteiger partial charge in [0.05, 0.1) is 0 Å². The van der Waals surface area contributed by atoms with Crippen LogP contribution in [0.4, 0.5) is 4.39 Å². The molecule has 0 N–H and O–H groups in total. The van der Waals surface area contributed by atoms with Crippen molar-refractivity contribution in [3.05, 3.63) is 34.1 Å². The quantitative estimate of drug-likeness (QED) is 0.658. The third-order valence-corrected chi connectivity index (χ3v) is 4.15. The minimum atomic E-state index is -0.176. The lowest BCUT2D eigenvalue weighted by Gasteiger charge is -2.13. The molecule has 0 aliphatic carbocycles. The van der Waals surface area contributed by atoms with E-state index in [-0.39, 0.29) is 11.2 Å². The van der Waals surface area contributed by atoms with E-state index in [1.54, 1.807) is 12.1 Å². The Bertz CT molecular complexity index is 339. The standard InChI is InChI=1S/C13H17BrClF/c1-9(2)13(15)5-3-4-10-8-11(16)6-7-12(10)14/h6-9,13H,3-5H2,1-2H3. The largest absolute Gasteiger partial charge is 0.207 e. The fraction of sp³-hybridized carbons (Fsp3) is 0.538. The van der Waals surface area contributed by atoms with Crippen molar-refractivity contribution in [2.45, 2.75) is 38.5 Å². The summed E-state index contributed by atoms with van der Waals surface area (Å²) in [5.41, 5.74) is 1.02. The van der Waals surface area contributed by atoms with Gasteiger partial charge in [-0.1, -0.05) is 29.8 Å². The van der Waals surface area contributed by atoms with Gasteiger partial charge in [0.2, 0.25) is 0 Å². The Morgan fingerprint density at radius 3 is 2.69 bits per heavy atom. The Labute approximate surface area is 110 Å². The molecule has 0 aliphatic heterocycles. The van der Waals surface area contributed by atoms with Crippen LogP contribution in [0.15, 0.2) is 22.7 Å². The van der Waals surface area contributed by atoms with E-state index in [9.17, 15) is 4.39 Å². The van der Waals surface area contributed by atoms with Crippen molar-refractivity contribution in [1.82, 2.24) is 0 Å². The third kappa shape index (κ3) is 4.42. The van der Waals surface area contributed by atoms with Crippen molar-refractivity contribution < 1.29 is 4.39 Å². The van der Waals surface area contributed by atoms with Gasteiger partial charge in [-0.25, -0.2) is 4.39 Å². The average molecular weight is 308 g/mol. The summed E-state index contributed by atoms with van der Waals surface area (Å²) in [7, 11) is 0. The molecule has 1 aromatic rings. The van der Waals surface area contributed by atoms with Gasteiger partial charge in [0.1, 0.15) is 5.82 Å². The molecule has 1 unspecified atom stereocenters. The Hall–Kier alpha value is -0.0800. The van der Waals surface area contributed by atoms with Crippen LogP contribution >= 0.6 is 27.5 Å². The number of hydrogen-bond acceptors (Lipinski definition) is 0. The van der Waals surface area contributed by atoms with E-state index in [0.717, 1.165) is 29.3 Å². The SMILES string of the molecule is CC(C)C(Cl)CCCc1cc(F)ccc1Br. The smallest absolute Gasteiger partial charge is 0.123 e. The molecule has 0 nitrogen and oxygen atoms in total. The summed E-state index contributed by atoms with van der Waals surface area (Å²) in [5, 5.41) is 0.215. The number of benzene rings is 1. The van der Waals surface area contributed by atoms with Crippen molar-refractivity contribution in [2.24, 2.45) is 5.92 Å². The van der Waals surface area contributed by atoms with Crippen molar-refractivity contribution >= 4 is 27.5 Å². The van der Waals surface area contributed by atoms with Crippen LogP contribution < -0.4 is 0 Å². The fourth-order valence-corrected chi connectivity index (χ4v) is 2.15. The zero-order chi connectivity index (χ0) is 12.1. The molecule has 0 saturated heterocycles. The summed E-state index contributed by atoms with van der Waals surface area (Å²) in [5.74, 6) is 0.321. The molecule has 3 heteroatoms. The Morgan fingerprint density at radius 1 is 1.38 bits per heavy atom. The number of halogens is 3. The molecule has 0 bridgehead atoms. The highest BCUT2D eigenvalue weighted by molar-refractivity contribution is 9.10. The predicted octanol–water partition coefficient (Wildman–Crippen LogP) is 5.17. The van der Waals surface area contributed by atoms with Crippen LogP contribution in [0, 0.1) is 11.7 Å². The summed E-state index contributed by atoms with van der Waals surface area (Å²) in [6, 6.07) is 4.81. The molecule has 0 heterocycles. The van der Waals surface area contributed by atoms with Gasteiger partial charge in [-0.2, -0.15) is 0 Å². The van der Waals surface area contributed by atoms with Crippen molar-refractivity contribution in [3.8, 4) is 0 Å². The van der Waals surface area contributed by atoms with Gasteiger partial charge < -0.3 is 0 Å². The van der Waals surface area contributed by atoms with Gasteiger partial charge in [0, 0.05) is 9.85 Å². The monoisotopic (exact) mass is 306 g/mol. The maximum atomic E-state index is 13.0. The van der Waals surface area contributed by atoms with Crippen LogP contribution in [0.25, 0.3) is 0 Å². The highest BCUT2D eigenvalue weighted by atomic mass is 79.9. The summed E-state index contributed by atoms with van der Waals surface area (Å²) in [4.78, 5) is 0. The van der Waals surface area contributed by atoms with Gasteiger partial charge in [-0.15, -0.1) is 11.6 Å². The second-order valence-electron chi connectivity index (χ2n) is 4.39. The molecule has 90 valence electrons. The highest BCUT2D eigenvalue weighted by Crippen LogP contribution is 2.22. The molecule has 0 spiro atoms. The topological polar surface area (TPSA) is 0 Å². The second kappa shape index (κ2) is 6.61. The Balaban J connectivity index is 2.45. The van der Waals surface area contributed by atoms with Crippen LogP contribution in [0.5, 0.6) is 0 Å². The predicted molar refractivity (Wildman–Crippen MR) is 71.5 cm³/mol. The molecule has 0 fully saturated rings. The minimum Gasteiger partial charge on any atom is -0.207 e. The molecule has 0 aromatic heterocycles. The number of hydrogen-bond donors (Lipinski definition) is 0. The van der Waals surface area contributed by atoms with Crippen molar-refractivity contribution in [3.63, 3.8) is 0 Å². The Morgan fingerprint density at radius 2 is 2.06 bits per heavy atom. The van der Waals surface area contributed by atoms with Crippen LogP contribution in [0.2, 0.25) is 0 Å². The lowest BCUT2D eigenvalue weighted by Crippen LogP contribution is -2.07. The van der Waals surface area contributed by atoms with E-state index in [4.69, 9.17) is 11.6 Å². The van der Waals surface area contributed by atoms with E-state index in [1.807, 2.05) is 0 Å². The lowest BCUT2D eigenvalue weighted by molar-refractivity contribution is 0.546. The van der Waals surface area contributed by atoms with Crippen molar-refractivity contribution in [2.75, 3.05) is 0 Å². The summed E-state index contributed by atoms with van der Waals surface area (Å²) in [6.07, 6.45) is 2.84. The van der Waals surface area contributed by atoms with E-state index < -0.39 is 0 Å². The number of alkyl halides is 1. The zero-order valence-electron chi connectivity index (χ0n) is 9.64.